The Morgan fingerprint density at radius 2 is 1.83 bits per heavy atom. The summed E-state index contributed by atoms with van der Waals surface area (Å²) in [6.07, 6.45) is 0. The summed E-state index contributed by atoms with van der Waals surface area (Å²) >= 11 is 5.67. The molecule has 2 N–H and O–H groups in total. The Morgan fingerprint density at radius 3 is 2.50 bits per heavy atom. The Kier molecular flexibility index (Phi) is 3.58. The van der Waals surface area contributed by atoms with Crippen molar-refractivity contribution in [2.75, 3.05) is 12.8 Å². The molecule has 0 aliphatic heterocycles. The number of ether oxygens (including phenoxy) is 2. The molecule has 0 radical (unpaired) electrons. The first-order chi connectivity index (χ1) is 8.60. The van der Waals surface area contributed by atoms with Crippen molar-refractivity contribution < 1.29 is 13.9 Å². The lowest BCUT2D eigenvalue weighted by atomic mass is 10.2. The third kappa shape index (κ3) is 2.65. The fourth-order valence-corrected chi connectivity index (χ4v) is 1.57. The van der Waals surface area contributed by atoms with Gasteiger partial charge in [-0.05, 0) is 24.3 Å². The topological polar surface area (TPSA) is 44.5 Å². The second kappa shape index (κ2) is 5.14. The third-order valence-corrected chi connectivity index (χ3v) is 2.63. The molecule has 0 aliphatic carbocycles. The molecule has 0 bridgehead atoms. The number of hydrogen-bond acceptors (Lipinski definition) is 3. The van der Waals surface area contributed by atoms with E-state index in [9.17, 15) is 4.39 Å². The number of nitrogen functional groups attached to an aromatic ring is 1. The van der Waals surface area contributed by atoms with Gasteiger partial charge in [0.15, 0.2) is 5.75 Å². The van der Waals surface area contributed by atoms with Gasteiger partial charge in [0, 0.05) is 12.1 Å². The lowest BCUT2D eigenvalue weighted by Crippen LogP contribution is -1.93. The van der Waals surface area contributed by atoms with E-state index >= 15 is 0 Å². The van der Waals surface area contributed by atoms with Crippen LogP contribution in [-0.2, 0) is 0 Å². The lowest BCUT2D eigenvalue weighted by molar-refractivity contribution is 0.409. The number of halogens is 2. The number of benzene rings is 2. The summed E-state index contributed by atoms with van der Waals surface area (Å²) in [6.45, 7) is 0. The van der Waals surface area contributed by atoms with Gasteiger partial charge in [0.2, 0.25) is 0 Å². The van der Waals surface area contributed by atoms with E-state index in [1.165, 1.54) is 18.2 Å². The average molecular weight is 268 g/mol. The van der Waals surface area contributed by atoms with Gasteiger partial charge in [-0.25, -0.2) is 4.39 Å². The summed E-state index contributed by atoms with van der Waals surface area (Å²) in [6, 6.07) is 9.12. The van der Waals surface area contributed by atoms with Crippen molar-refractivity contribution >= 4 is 17.3 Å². The second-order valence-electron chi connectivity index (χ2n) is 3.58. The first-order valence-corrected chi connectivity index (χ1v) is 5.54. The zero-order valence-corrected chi connectivity index (χ0v) is 10.4. The number of methoxy groups -OCH3 is 1. The maximum Gasteiger partial charge on any atom is 0.153 e. The van der Waals surface area contributed by atoms with E-state index in [0.717, 1.165) is 0 Å². The van der Waals surface area contributed by atoms with E-state index < -0.39 is 5.82 Å². The Balaban J connectivity index is 2.30. The van der Waals surface area contributed by atoms with Crippen molar-refractivity contribution in [2.45, 2.75) is 0 Å². The molecular formula is C13H11ClFNO2. The molecule has 0 aromatic heterocycles. The molecule has 0 saturated heterocycles. The minimum absolute atomic E-state index is 0.00559. The van der Waals surface area contributed by atoms with Crippen molar-refractivity contribution in [1.29, 1.82) is 0 Å². The largest absolute Gasteiger partial charge is 0.497 e. The van der Waals surface area contributed by atoms with Gasteiger partial charge in [-0.1, -0.05) is 11.6 Å². The highest BCUT2D eigenvalue weighted by Crippen LogP contribution is 2.32. The summed E-state index contributed by atoms with van der Waals surface area (Å²) in [5.41, 5.74) is 6.23. The van der Waals surface area contributed by atoms with Crippen LogP contribution in [0.3, 0.4) is 0 Å². The Bertz CT molecular complexity index is 575. The molecule has 0 atom stereocenters. The van der Waals surface area contributed by atoms with Gasteiger partial charge in [0.25, 0.3) is 0 Å². The quantitative estimate of drug-likeness (QED) is 0.859. The maximum atomic E-state index is 13.0. The van der Waals surface area contributed by atoms with E-state index in [4.69, 9.17) is 26.8 Å². The number of nitrogens with two attached hydrogens (primary N) is 1. The van der Waals surface area contributed by atoms with E-state index in [1.54, 1.807) is 25.3 Å². The Hall–Kier alpha value is -1.94. The normalized spacial score (nSPS) is 10.2. The number of rotatable bonds is 3. The number of anilines is 1. The van der Waals surface area contributed by atoms with Crippen LogP contribution in [0.5, 0.6) is 17.2 Å². The van der Waals surface area contributed by atoms with Crippen LogP contribution < -0.4 is 15.2 Å². The molecule has 3 nitrogen and oxygen atoms in total. The summed E-state index contributed by atoms with van der Waals surface area (Å²) in [5, 5.41) is -0.00559. The second-order valence-corrected chi connectivity index (χ2v) is 3.99. The van der Waals surface area contributed by atoms with Crippen LogP contribution in [-0.4, -0.2) is 7.11 Å². The molecule has 0 amide bonds. The highest BCUT2D eigenvalue weighted by atomic mass is 35.5. The zero-order valence-electron chi connectivity index (χ0n) is 9.61. The van der Waals surface area contributed by atoms with Gasteiger partial charge in [-0.2, -0.15) is 0 Å². The Morgan fingerprint density at radius 1 is 1.11 bits per heavy atom. The van der Waals surface area contributed by atoms with Gasteiger partial charge < -0.3 is 15.2 Å². The van der Waals surface area contributed by atoms with E-state index in [-0.39, 0.29) is 5.02 Å². The molecule has 5 heteroatoms. The van der Waals surface area contributed by atoms with Crippen LogP contribution in [0.15, 0.2) is 36.4 Å². The molecule has 0 aliphatic rings. The Labute approximate surface area is 109 Å². The smallest absolute Gasteiger partial charge is 0.153 e. The molecule has 0 fully saturated rings. The van der Waals surface area contributed by atoms with Crippen molar-refractivity contribution in [1.82, 2.24) is 0 Å². The molecule has 94 valence electrons. The van der Waals surface area contributed by atoms with E-state index in [0.29, 0.717) is 22.9 Å². The van der Waals surface area contributed by atoms with Crippen LogP contribution >= 0.6 is 11.6 Å². The minimum atomic E-state index is -0.498. The SMILES string of the molecule is COc1ccc(N)c(Oc2ccc(F)c(Cl)c2)c1. The van der Waals surface area contributed by atoms with Crippen LogP contribution in [0.2, 0.25) is 5.02 Å². The summed E-state index contributed by atoms with van der Waals surface area (Å²) in [5.74, 6) is 0.952. The van der Waals surface area contributed by atoms with Gasteiger partial charge in [-0.3, -0.25) is 0 Å². The molecule has 18 heavy (non-hydrogen) atoms. The van der Waals surface area contributed by atoms with Crippen molar-refractivity contribution in [3.8, 4) is 17.2 Å². The fourth-order valence-electron chi connectivity index (χ4n) is 1.40. The van der Waals surface area contributed by atoms with Gasteiger partial charge in [0.1, 0.15) is 17.3 Å². The van der Waals surface area contributed by atoms with Gasteiger partial charge in [-0.15, -0.1) is 0 Å². The van der Waals surface area contributed by atoms with Gasteiger partial charge >= 0.3 is 0 Å². The minimum Gasteiger partial charge on any atom is -0.497 e. The highest BCUT2D eigenvalue weighted by Gasteiger charge is 2.06. The van der Waals surface area contributed by atoms with Crippen molar-refractivity contribution in [2.24, 2.45) is 0 Å². The molecular weight excluding hydrogens is 257 g/mol. The highest BCUT2D eigenvalue weighted by molar-refractivity contribution is 6.30. The van der Waals surface area contributed by atoms with Crippen LogP contribution in [0.4, 0.5) is 10.1 Å². The van der Waals surface area contributed by atoms with E-state index in [1.807, 2.05) is 0 Å². The molecule has 2 aromatic rings. The predicted octanol–water partition coefficient (Wildman–Crippen LogP) is 3.86. The molecule has 2 aromatic carbocycles. The van der Waals surface area contributed by atoms with E-state index in [2.05, 4.69) is 0 Å². The van der Waals surface area contributed by atoms with Crippen LogP contribution in [0.25, 0.3) is 0 Å². The molecule has 0 saturated carbocycles. The van der Waals surface area contributed by atoms with Crippen molar-refractivity contribution in [3.05, 3.63) is 47.2 Å². The molecule has 0 unspecified atom stereocenters. The standard InChI is InChI=1S/C13H11ClFNO2/c1-17-8-3-5-12(16)13(7-8)18-9-2-4-11(15)10(14)6-9/h2-7H,16H2,1H3. The molecule has 0 spiro atoms. The van der Waals surface area contributed by atoms with Crippen molar-refractivity contribution in [3.63, 3.8) is 0 Å². The molecule has 2 rings (SSSR count). The fraction of sp³-hybridized carbons (Fsp3) is 0.0769. The van der Waals surface area contributed by atoms with Crippen LogP contribution in [0.1, 0.15) is 0 Å². The number of hydrogen-bond donors (Lipinski definition) is 1. The summed E-state index contributed by atoms with van der Waals surface area (Å²) in [7, 11) is 1.55. The summed E-state index contributed by atoms with van der Waals surface area (Å²) in [4.78, 5) is 0. The zero-order chi connectivity index (χ0) is 13.1. The first kappa shape index (κ1) is 12.5. The lowest BCUT2D eigenvalue weighted by Gasteiger charge is -2.10. The van der Waals surface area contributed by atoms with Crippen LogP contribution in [0, 0.1) is 5.82 Å². The predicted molar refractivity (Wildman–Crippen MR) is 68.9 cm³/mol. The summed E-state index contributed by atoms with van der Waals surface area (Å²) < 4.78 is 23.6. The average Bonchev–Trinajstić information content (AvgIpc) is 2.36. The molecule has 0 heterocycles. The first-order valence-electron chi connectivity index (χ1n) is 5.16. The monoisotopic (exact) mass is 267 g/mol. The maximum absolute atomic E-state index is 13.0. The third-order valence-electron chi connectivity index (χ3n) is 2.34. The van der Waals surface area contributed by atoms with Gasteiger partial charge in [0.05, 0.1) is 17.8 Å².